The quantitative estimate of drug-likeness (QED) is 0.841. The lowest BCUT2D eigenvalue weighted by Crippen LogP contribution is -2.36. The molecule has 3 rings (SSSR count). The molecule has 0 saturated heterocycles. The predicted molar refractivity (Wildman–Crippen MR) is 99.8 cm³/mol. The summed E-state index contributed by atoms with van der Waals surface area (Å²) in [6.45, 7) is 2.03. The molecule has 2 aliphatic rings. The van der Waals surface area contributed by atoms with Gasteiger partial charge in [0.05, 0.1) is 16.5 Å². The maximum absolute atomic E-state index is 6.07. The molecule has 1 saturated carbocycles. The van der Waals surface area contributed by atoms with Gasteiger partial charge in [-0.15, -0.1) is 0 Å². The van der Waals surface area contributed by atoms with E-state index >= 15 is 0 Å². The SMILES string of the molecule is CC(C1=NC(N)C(=S)C(Cl)=N1)c1cc(C2CCCCC2)ccn1. The molecular formula is C17H21ClN4S. The van der Waals surface area contributed by atoms with Crippen molar-refractivity contribution in [3.05, 3.63) is 29.6 Å². The van der Waals surface area contributed by atoms with Crippen LogP contribution in [-0.4, -0.2) is 27.0 Å². The van der Waals surface area contributed by atoms with E-state index in [0.717, 1.165) is 5.69 Å². The van der Waals surface area contributed by atoms with Crippen molar-refractivity contribution in [3.63, 3.8) is 0 Å². The van der Waals surface area contributed by atoms with E-state index < -0.39 is 6.17 Å². The highest BCUT2D eigenvalue weighted by Gasteiger charge is 2.25. The zero-order valence-corrected chi connectivity index (χ0v) is 14.8. The molecule has 1 aromatic heterocycles. The Kier molecular flexibility index (Phi) is 5.19. The van der Waals surface area contributed by atoms with Crippen molar-refractivity contribution in [1.82, 2.24) is 4.98 Å². The van der Waals surface area contributed by atoms with E-state index in [-0.39, 0.29) is 11.1 Å². The number of amidine groups is 1. The molecule has 23 heavy (non-hydrogen) atoms. The average Bonchev–Trinajstić information content (AvgIpc) is 2.59. The van der Waals surface area contributed by atoms with Gasteiger partial charge in [-0.2, -0.15) is 0 Å². The fraction of sp³-hybridized carbons (Fsp3) is 0.529. The van der Waals surface area contributed by atoms with Gasteiger partial charge in [0.2, 0.25) is 0 Å². The number of aliphatic imine (C=N–C) groups is 2. The number of nitrogens with two attached hydrogens (primary N) is 1. The number of hydrogen-bond donors (Lipinski definition) is 1. The maximum Gasteiger partial charge on any atom is 0.148 e. The molecule has 2 heterocycles. The lowest BCUT2D eigenvalue weighted by Gasteiger charge is -2.23. The van der Waals surface area contributed by atoms with E-state index in [1.54, 1.807) is 0 Å². The Bertz CT molecular complexity index is 664. The van der Waals surface area contributed by atoms with Crippen LogP contribution in [0.3, 0.4) is 0 Å². The molecule has 122 valence electrons. The van der Waals surface area contributed by atoms with Crippen LogP contribution in [0.4, 0.5) is 0 Å². The first-order chi connectivity index (χ1) is 11.1. The Morgan fingerprint density at radius 2 is 2.04 bits per heavy atom. The van der Waals surface area contributed by atoms with Crippen LogP contribution in [-0.2, 0) is 0 Å². The van der Waals surface area contributed by atoms with Gasteiger partial charge in [0.15, 0.2) is 0 Å². The zero-order chi connectivity index (χ0) is 16.4. The number of halogens is 1. The van der Waals surface area contributed by atoms with Crippen molar-refractivity contribution in [3.8, 4) is 0 Å². The number of rotatable bonds is 3. The Hall–Kier alpha value is -1.17. The highest BCUT2D eigenvalue weighted by atomic mass is 35.5. The van der Waals surface area contributed by atoms with E-state index in [9.17, 15) is 0 Å². The standard InChI is InChI=1S/C17H21ClN4S/c1-10(17-21-15(18)14(23)16(19)22-17)13-9-12(7-8-20-13)11-5-3-2-4-6-11/h7-11,16H,2-6,19H2,1H3. The predicted octanol–water partition coefficient (Wildman–Crippen LogP) is 3.94. The fourth-order valence-electron chi connectivity index (χ4n) is 3.24. The van der Waals surface area contributed by atoms with Crippen LogP contribution in [0.1, 0.15) is 62.1 Å². The van der Waals surface area contributed by atoms with Crippen LogP contribution in [0.5, 0.6) is 0 Å². The van der Waals surface area contributed by atoms with Gasteiger partial charge in [-0.3, -0.25) is 4.98 Å². The van der Waals surface area contributed by atoms with E-state index in [1.165, 1.54) is 37.7 Å². The summed E-state index contributed by atoms with van der Waals surface area (Å²) in [6, 6.07) is 4.32. The topological polar surface area (TPSA) is 63.6 Å². The van der Waals surface area contributed by atoms with Gasteiger partial charge in [-0.25, -0.2) is 9.98 Å². The summed E-state index contributed by atoms with van der Waals surface area (Å²) in [5, 5.41) is 0.271. The highest BCUT2D eigenvalue weighted by Crippen LogP contribution is 2.33. The molecule has 1 aliphatic carbocycles. The number of thiocarbonyl (C=S) groups is 1. The third-order valence-corrected chi connectivity index (χ3v) is 5.50. The molecule has 2 N–H and O–H groups in total. The number of aromatic nitrogens is 1. The number of hydrogen-bond acceptors (Lipinski definition) is 5. The van der Waals surface area contributed by atoms with Gasteiger partial charge in [0.25, 0.3) is 0 Å². The van der Waals surface area contributed by atoms with Gasteiger partial charge < -0.3 is 5.73 Å². The molecule has 1 fully saturated rings. The molecule has 0 aromatic carbocycles. The largest absolute Gasteiger partial charge is 0.305 e. The molecule has 0 radical (unpaired) electrons. The van der Waals surface area contributed by atoms with Crippen molar-refractivity contribution < 1.29 is 0 Å². The van der Waals surface area contributed by atoms with Crippen LogP contribution >= 0.6 is 23.8 Å². The second-order valence-corrected chi connectivity index (χ2v) is 7.07. The summed E-state index contributed by atoms with van der Waals surface area (Å²) in [5.41, 5.74) is 8.23. The number of pyridine rings is 1. The minimum atomic E-state index is -0.589. The van der Waals surface area contributed by atoms with Gasteiger partial charge in [0.1, 0.15) is 17.2 Å². The molecule has 1 aliphatic heterocycles. The first-order valence-electron chi connectivity index (χ1n) is 8.14. The van der Waals surface area contributed by atoms with Gasteiger partial charge in [-0.05, 0) is 43.4 Å². The normalized spacial score (nSPS) is 24.1. The summed E-state index contributed by atoms with van der Waals surface area (Å²) in [7, 11) is 0. The molecule has 4 nitrogen and oxygen atoms in total. The molecule has 0 spiro atoms. The zero-order valence-electron chi connectivity index (χ0n) is 13.2. The molecule has 6 heteroatoms. The van der Waals surface area contributed by atoms with Crippen LogP contribution in [0.15, 0.2) is 28.3 Å². The van der Waals surface area contributed by atoms with Crippen molar-refractivity contribution in [2.24, 2.45) is 15.7 Å². The Balaban J connectivity index is 1.84. The smallest absolute Gasteiger partial charge is 0.148 e. The average molecular weight is 349 g/mol. The van der Waals surface area contributed by atoms with Crippen LogP contribution in [0.2, 0.25) is 0 Å². The van der Waals surface area contributed by atoms with Crippen LogP contribution < -0.4 is 5.73 Å². The minimum Gasteiger partial charge on any atom is -0.305 e. The van der Waals surface area contributed by atoms with Crippen molar-refractivity contribution in [2.45, 2.75) is 57.0 Å². The van der Waals surface area contributed by atoms with Crippen molar-refractivity contribution in [2.75, 3.05) is 0 Å². The van der Waals surface area contributed by atoms with E-state index in [1.807, 2.05) is 13.1 Å². The van der Waals surface area contributed by atoms with Gasteiger partial charge >= 0.3 is 0 Å². The lowest BCUT2D eigenvalue weighted by atomic mass is 9.84. The van der Waals surface area contributed by atoms with E-state index in [2.05, 4.69) is 27.1 Å². The first kappa shape index (κ1) is 16.7. The minimum absolute atomic E-state index is 0.0542. The maximum atomic E-state index is 6.07. The molecule has 0 amide bonds. The van der Waals surface area contributed by atoms with Crippen molar-refractivity contribution >= 4 is 39.7 Å². The second kappa shape index (κ2) is 7.16. The Labute approximate surface area is 147 Å². The summed E-state index contributed by atoms with van der Waals surface area (Å²) in [5.74, 6) is 1.19. The van der Waals surface area contributed by atoms with E-state index in [0.29, 0.717) is 16.6 Å². The third kappa shape index (κ3) is 3.67. The summed E-state index contributed by atoms with van der Waals surface area (Å²) < 4.78 is 0. The Morgan fingerprint density at radius 1 is 1.30 bits per heavy atom. The van der Waals surface area contributed by atoms with Gasteiger partial charge in [0, 0.05) is 6.20 Å². The number of nitrogens with zero attached hydrogens (tertiary/aromatic N) is 3. The summed E-state index contributed by atoms with van der Waals surface area (Å²) in [6.07, 6.45) is 7.81. The fourth-order valence-corrected chi connectivity index (χ4v) is 3.54. The molecule has 0 bridgehead atoms. The monoisotopic (exact) mass is 348 g/mol. The molecule has 2 unspecified atom stereocenters. The molecule has 1 aromatic rings. The summed E-state index contributed by atoms with van der Waals surface area (Å²) in [4.78, 5) is 13.6. The summed E-state index contributed by atoms with van der Waals surface area (Å²) >= 11 is 11.2. The first-order valence-corrected chi connectivity index (χ1v) is 8.92. The van der Waals surface area contributed by atoms with E-state index in [4.69, 9.17) is 29.6 Å². The van der Waals surface area contributed by atoms with Gasteiger partial charge in [-0.1, -0.05) is 43.1 Å². The molecular weight excluding hydrogens is 328 g/mol. The lowest BCUT2D eigenvalue weighted by molar-refractivity contribution is 0.443. The third-order valence-electron chi connectivity index (χ3n) is 4.67. The second-order valence-electron chi connectivity index (χ2n) is 6.27. The Morgan fingerprint density at radius 3 is 2.74 bits per heavy atom. The van der Waals surface area contributed by atoms with Crippen molar-refractivity contribution in [1.29, 1.82) is 0 Å². The molecule has 2 atom stereocenters. The highest BCUT2D eigenvalue weighted by molar-refractivity contribution is 7.82. The van der Waals surface area contributed by atoms with Crippen LogP contribution in [0, 0.1) is 0 Å². The van der Waals surface area contributed by atoms with Crippen LogP contribution in [0.25, 0.3) is 0 Å².